The minimum atomic E-state index is 0.417. The van der Waals surface area contributed by atoms with E-state index < -0.39 is 0 Å². The Kier molecular flexibility index (Phi) is 4.06. The van der Waals surface area contributed by atoms with Crippen LogP contribution in [0.1, 0.15) is 51.4 Å². The van der Waals surface area contributed by atoms with E-state index in [4.69, 9.17) is 4.98 Å². The van der Waals surface area contributed by atoms with Gasteiger partial charge in [0, 0.05) is 6.54 Å². The molecule has 0 bridgehead atoms. The van der Waals surface area contributed by atoms with Crippen LogP contribution < -0.4 is 0 Å². The maximum absolute atomic E-state index is 4.91. The molecule has 2 aromatic rings. The zero-order valence-corrected chi connectivity index (χ0v) is 12.7. The summed E-state index contributed by atoms with van der Waals surface area (Å²) in [6.45, 7) is 7.96. The van der Waals surface area contributed by atoms with Crippen molar-refractivity contribution < 1.29 is 0 Å². The van der Waals surface area contributed by atoms with Crippen LogP contribution in [-0.4, -0.2) is 27.5 Å². The molecule has 0 spiro atoms. The summed E-state index contributed by atoms with van der Waals surface area (Å²) in [6, 6.07) is 8.91. The van der Waals surface area contributed by atoms with Gasteiger partial charge in [-0.3, -0.25) is 4.90 Å². The average molecular weight is 271 g/mol. The van der Waals surface area contributed by atoms with Gasteiger partial charge in [-0.1, -0.05) is 25.0 Å². The van der Waals surface area contributed by atoms with Crippen LogP contribution in [0.4, 0.5) is 0 Å². The molecule has 1 aromatic carbocycles. The van der Waals surface area contributed by atoms with Crippen LogP contribution >= 0.6 is 0 Å². The van der Waals surface area contributed by atoms with E-state index in [9.17, 15) is 0 Å². The smallest absolute Gasteiger partial charge is 0.127 e. The molecule has 1 fully saturated rings. The molecule has 0 aliphatic carbocycles. The first-order valence-electron chi connectivity index (χ1n) is 8.00. The summed E-state index contributed by atoms with van der Waals surface area (Å²) < 4.78 is 2.38. The number of hydrogen-bond acceptors (Lipinski definition) is 2. The summed E-state index contributed by atoms with van der Waals surface area (Å²) in [6.07, 6.45) is 5.42. The van der Waals surface area contributed by atoms with Gasteiger partial charge in [-0.15, -0.1) is 0 Å². The molecule has 1 aromatic heterocycles. The maximum atomic E-state index is 4.91. The van der Waals surface area contributed by atoms with Gasteiger partial charge in [-0.05, 0) is 51.9 Å². The number of aromatic nitrogens is 2. The Morgan fingerprint density at radius 1 is 1.10 bits per heavy atom. The molecule has 0 saturated carbocycles. The molecule has 1 saturated heterocycles. The molecule has 2 heterocycles. The van der Waals surface area contributed by atoms with Crippen molar-refractivity contribution in [1.29, 1.82) is 0 Å². The van der Waals surface area contributed by atoms with Crippen LogP contribution in [0, 0.1) is 0 Å². The van der Waals surface area contributed by atoms with Crippen LogP contribution in [0.25, 0.3) is 11.0 Å². The maximum Gasteiger partial charge on any atom is 0.127 e. The molecule has 108 valence electrons. The van der Waals surface area contributed by atoms with Gasteiger partial charge in [0.05, 0.1) is 17.1 Å². The Balaban J connectivity index is 1.95. The summed E-state index contributed by atoms with van der Waals surface area (Å²) in [5, 5.41) is 0. The molecular weight excluding hydrogens is 246 g/mol. The number of nitrogens with zero attached hydrogens (tertiary/aromatic N) is 3. The number of fused-ring (bicyclic) bond motifs is 1. The SMILES string of the molecule is CCn1c([C@H](C)N2CCCCCC2)nc2ccccc21. The molecule has 1 aliphatic heterocycles. The third-order valence-electron chi connectivity index (χ3n) is 4.56. The van der Waals surface area contributed by atoms with Gasteiger partial charge in [0.15, 0.2) is 0 Å². The second-order valence-electron chi connectivity index (χ2n) is 5.83. The summed E-state index contributed by atoms with van der Waals surface area (Å²) in [5.41, 5.74) is 2.40. The van der Waals surface area contributed by atoms with Crippen molar-refractivity contribution >= 4 is 11.0 Å². The molecule has 20 heavy (non-hydrogen) atoms. The molecule has 0 radical (unpaired) electrons. The summed E-state index contributed by atoms with van der Waals surface area (Å²) in [4.78, 5) is 7.52. The number of imidazole rings is 1. The lowest BCUT2D eigenvalue weighted by atomic mass is 10.2. The highest BCUT2D eigenvalue weighted by Crippen LogP contribution is 2.26. The van der Waals surface area contributed by atoms with Crippen molar-refractivity contribution in [3.05, 3.63) is 30.1 Å². The lowest BCUT2D eigenvalue weighted by Gasteiger charge is -2.27. The largest absolute Gasteiger partial charge is 0.327 e. The van der Waals surface area contributed by atoms with Crippen LogP contribution in [0.2, 0.25) is 0 Å². The fraction of sp³-hybridized carbons (Fsp3) is 0.588. The molecule has 0 N–H and O–H groups in total. The molecule has 3 nitrogen and oxygen atoms in total. The fourth-order valence-corrected chi connectivity index (χ4v) is 3.39. The molecule has 0 unspecified atom stereocenters. The van der Waals surface area contributed by atoms with E-state index in [1.54, 1.807) is 0 Å². The minimum absolute atomic E-state index is 0.417. The Morgan fingerprint density at radius 3 is 2.50 bits per heavy atom. The molecule has 3 heteroatoms. The van der Waals surface area contributed by atoms with E-state index in [0.29, 0.717) is 6.04 Å². The lowest BCUT2D eigenvalue weighted by Crippen LogP contribution is -2.29. The molecular formula is C17H25N3. The van der Waals surface area contributed by atoms with Crippen molar-refractivity contribution in [2.24, 2.45) is 0 Å². The first-order valence-corrected chi connectivity index (χ1v) is 8.00. The number of aryl methyl sites for hydroxylation is 1. The highest BCUT2D eigenvalue weighted by atomic mass is 15.2. The minimum Gasteiger partial charge on any atom is -0.327 e. The van der Waals surface area contributed by atoms with Crippen LogP contribution in [0.3, 0.4) is 0 Å². The Labute approximate surface area is 121 Å². The van der Waals surface area contributed by atoms with E-state index in [2.05, 4.69) is 47.6 Å². The number of hydrogen-bond donors (Lipinski definition) is 0. The topological polar surface area (TPSA) is 21.1 Å². The van der Waals surface area contributed by atoms with E-state index >= 15 is 0 Å². The van der Waals surface area contributed by atoms with Gasteiger partial charge in [0.25, 0.3) is 0 Å². The van der Waals surface area contributed by atoms with Gasteiger partial charge < -0.3 is 4.57 Å². The third-order valence-corrected chi connectivity index (χ3v) is 4.56. The van der Waals surface area contributed by atoms with E-state index in [0.717, 1.165) is 12.1 Å². The van der Waals surface area contributed by atoms with Crippen LogP contribution in [0.15, 0.2) is 24.3 Å². The van der Waals surface area contributed by atoms with Gasteiger partial charge in [0.2, 0.25) is 0 Å². The summed E-state index contributed by atoms with van der Waals surface area (Å²) in [7, 11) is 0. The predicted molar refractivity (Wildman–Crippen MR) is 83.9 cm³/mol. The molecule has 0 amide bonds. The quantitative estimate of drug-likeness (QED) is 0.841. The fourth-order valence-electron chi connectivity index (χ4n) is 3.39. The number of benzene rings is 1. The molecule has 3 rings (SSSR count). The zero-order valence-electron chi connectivity index (χ0n) is 12.7. The van der Waals surface area contributed by atoms with E-state index in [-0.39, 0.29) is 0 Å². The normalized spacial score (nSPS) is 19.1. The number of rotatable bonds is 3. The Morgan fingerprint density at radius 2 is 1.80 bits per heavy atom. The second-order valence-corrected chi connectivity index (χ2v) is 5.83. The van der Waals surface area contributed by atoms with Crippen molar-refractivity contribution in [2.75, 3.05) is 13.1 Å². The van der Waals surface area contributed by atoms with Crippen molar-refractivity contribution in [1.82, 2.24) is 14.5 Å². The van der Waals surface area contributed by atoms with Gasteiger partial charge in [-0.2, -0.15) is 0 Å². The second kappa shape index (κ2) is 5.96. The monoisotopic (exact) mass is 271 g/mol. The van der Waals surface area contributed by atoms with Gasteiger partial charge >= 0.3 is 0 Å². The van der Waals surface area contributed by atoms with E-state index in [1.165, 1.54) is 50.1 Å². The standard InChI is InChI=1S/C17H25N3/c1-3-20-16-11-7-6-10-15(16)18-17(20)14(2)19-12-8-4-5-9-13-19/h6-7,10-11,14H,3-5,8-9,12-13H2,1-2H3/t14-/m0/s1. The van der Waals surface area contributed by atoms with Crippen molar-refractivity contribution in [2.45, 2.75) is 52.1 Å². The highest BCUT2D eigenvalue weighted by Gasteiger charge is 2.22. The Bertz CT molecular complexity index is 565. The number of para-hydroxylation sites is 2. The van der Waals surface area contributed by atoms with Crippen LogP contribution in [-0.2, 0) is 6.54 Å². The third kappa shape index (κ3) is 2.47. The molecule has 1 atom stereocenters. The molecule has 1 aliphatic rings. The van der Waals surface area contributed by atoms with Crippen molar-refractivity contribution in [3.8, 4) is 0 Å². The lowest BCUT2D eigenvalue weighted by molar-refractivity contribution is 0.208. The first-order chi connectivity index (χ1) is 9.81. The van der Waals surface area contributed by atoms with Gasteiger partial charge in [0.1, 0.15) is 5.82 Å². The van der Waals surface area contributed by atoms with E-state index in [1.807, 2.05) is 0 Å². The predicted octanol–water partition coefficient (Wildman–Crippen LogP) is 3.99. The zero-order chi connectivity index (χ0) is 13.9. The van der Waals surface area contributed by atoms with Gasteiger partial charge in [-0.25, -0.2) is 4.98 Å². The highest BCUT2D eigenvalue weighted by molar-refractivity contribution is 5.76. The summed E-state index contributed by atoms with van der Waals surface area (Å²) in [5.74, 6) is 1.23. The Hall–Kier alpha value is -1.35. The summed E-state index contributed by atoms with van der Waals surface area (Å²) >= 11 is 0. The number of likely N-dealkylation sites (tertiary alicyclic amines) is 1. The van der Waals surface area contributed by atoms with Crippen molar-refractivity contribution in [3.63, 3.8) is 0 Å². The van der Waals surface area contributed by atoms with Crippen LogP contribution in [0.5, 0.6) is 0 Å². The first kappa shape index (κ1) is 13.6. The average Bonchev–Trinajstić information content (AvgIpc) is 2.65.